The van der Waals surface area contributed by atoms with E-state index in [1.54, 1.807) is 10.6 Å². The number of rotatable bonds is 4. The van der Waals surface area contributed by atoms with Crippen LogP contribution in [0.5, 0.6) is 0 Å². The molecule has 0 radical (unpaired) electrons. The highest BCUT2D eigenvalue weighted by Crippen LogP contribution is 2.48. The Hall–Kier alpha value is -1.36. The Morgan fingerprint density at radius 2 is 1.90 bits per heavy atom. The highest BCUT2D eigenvalue weighted by molar-refractivity contribution is 6.74. The number of nitrogens with zero attached hydrogens (tertiary/aromatic N) is 3. The van der Waals surface area contributed by atoms with E-state index in [2.05, 4.69) is 43.9 Å². The van der Waals surface area contributed by atoms with Gasteiger partial charge in [-0.25, -0.2) is 9.50 Å². The fraction of sp³-hybridized carbons (Fsp3) is 0.714. The van der Waals surface area contributed by atoms with Crippen LogP contribution < -0.4 is 0 Å². The molecule has 0 aromatic carbocycles. The predicted molar refractivity (Wildman–Crippen MR) is 113 cm³/mol. The topological polar surface area (TPSA) is 87.3 Å². The van der Waals surface area contributed by atoms with Gasteiger partial charge in [0.2, 0.25) is 5.79 Å². The lowest BCUT2D eigenvalue weighted by atomic mass is 10.0. The minimum Gasteiger partial charge on any atom is -0.414 e. The van der Waals surface area contributed by atoms with E-state index in [9.17, 15) is 5.11 Å². The second kappa shape index (κ2) is 6.82. The van der Waals surface area contributed by atoms with Gasteiger partial charge in [-0.3, -0.25) is 0 Å². The molecule has 0 amide bonds. The number of ether oxygens (including phenoxy) is 3. The predicted octanol–water partition coefficient (Wildman–Crippen LogP) is 3.12. The van der Waals surface area contributed by atoms with Gasteiger partial charge in [0, 0.05) is 0 Å². The second-order valence-electron chi connectivity index (χ2n) is 10.3. The van der Waals surface area contributed by atoms with Gasteiger partial charge in [-0.1, -0.05) is 20.8 Å². The van der Waals surface area contributed by atoms with E-state index in [0.29, 0.717) is 12.3 Å². The van der Waals surface area contributed by atoms with Crippen LogP contribution in [-0.2, 0) is 24.4 Å². The number of fused-ring (bicyclic) bond motifs is 2. The van der Waals surface area contributed by atoms with E-state index in [-0.39, 0.29) is 5.04 Å². The summed E-state index contributed by atoms with van der Waals surface area (Å²) in [7, 11) is -2.00. The molecule has 2 aliphatic heterocycles. The van der Waals surface area contributed by atoms with Gasteiger partial charge in [0.25, 0.3) is 0 Å². The van der Waals surface area contributed by atoms with Crippen molar-refractivity contribution in [3.05, 3.63) is 29.8 Å². The van der Waals surface area contributed by atoms with Crippen LogP contribution in [0, 0.1) is 6.92 Å². The third-order valence-electron chi connectivity index (χ3n) is 6.64. The third kappa shape index (κ3) is 3.41. The van der Waals surface area contributed by atoms with Crippen LogP contribution in [0.15, 0.2) is 18.5 Å². The first kappa shape index (κ1) is 21.9. The lowest BCUT2D eigenvalue weighted by molar-refractivity contribution is -0.285. The van der Waals surface area contributed by atoms with Crippen LogP contribution in [0.2, 0.25) is 18.1 Å². The van der Waals surface area contributed by atoms with Crippen LogP contribution in [0.4, 0.5) is 0 Å². The molecule has 4 atom stereocenters. The summed E-state index contributed by atoms with van der Waals surface area (Å²) < 4.78 is 26.6. The lowest BCUT2D eigenvalue weighted by Crippen LogP contribution is -2.44. The second-order valence-corrected chi connectivity index (χ2v) is 15.1. The van der Waals surface area contributed by atoms with Gasteiger partial charge >= 0.3 is 0 Å². The largest absolute Gasteiger partial charge is 0.414 e. The SMILES string of the molecule is Cc1ncnn2c(C3(O)OC(CO[Si](C)(C)C(C)(C)C)C4OC(C)(C)OC43)ccc12. The summed E-state index contributed by atoms with van der Waals surface area (Å²) in [6.45, 7) is 16.9. The normalized spacial score (nSPS) is 31.4. The molecule has 1 N–H and O–H groups in total. The van der Waals surface area contributed by atoms with Crippen LogP contribution in [-0.4, -0.2) is 58.7 Å². The first-order valence-electron chi connectivity index (χ1n) is 10.4. The molecule has 0 aliphatic carbocycles. The summed E-state index contributed by atoms with van der Waals surface area (Å²) in [5.74, 6) is -2.55. The minimum absolute atomic E-state index is 0.0692. The Morgan fingerprint density at radius 3 is 2.57 bits per heavy atom. The van der Waals surface area contributed by atoms with Gasteiger partial charge in [-0.2, -0.15) is 5.10 Å². The van der Waals surface area contributed by atoms with Gasteiger partial charge in [0.15, 0.2) is 14.1 Å². The van der Waals surface area contributed by atoms with Crippen molar-refractivity contribution in [3.63, 3.8) is 0 Å². The Balaban J connectivity index is 1.68. The van der Waals surface area contributed by atoms with E-state index in [1.165, 1.54) is 6.33 Å². The van der Waals surface area contributed by atoms with Gasteiger partial charge in [-0.15, -0.1) is 0 Å². The van der Waals surface area contributed by atoms with E-state index < -0.39 is 38.2 Å². The number of hydrogen-bond acceptors (Lipinski definition) is 7. The fourth-order valence-electron chi connectivity index (χ4n) is 3.90. The summed E-state index contributed by atoms with van der Waals surface area (Å²) in [6.07, 6.45) is -0.156. The zero-order valence-electron chi connectivity index (χ0n) is 19.1. The summed E-state index contributed by atoms with van der Waals surface area (Å²) in [6, 6.07) is 3.68. The maximum Gasteiger partial charge on any atom is 0.240 e. The number of aryl methyl sites for hydroxylation is 1. The Kier molecular flexibility index (Phi) is 4.97. The summed E-state index contributed by atoms with van der Waals surface area (Å²) >= 11 is 0. The maximum atomic E-state index is 11.7. The standard InChI is InChI=1S/C21H33N3O5Si/c1-13-14-9-10-16(24(14)23-12-22-13)21(25)18-17(28-20(5,6)29-18)15(27-21)11-26-30(7,8)19(2,3)4/h9-10,12,15,17-18,25H,11H2,1-8H3. The van der Waals surface area contributed by atoms with Crippen molar-refractivity contribution in [3.8, 4) is 0 Å². The quantitative estimate of drug-likeness (QED) is 0.738. The molecule has 0 saturated carbocycles. The zero-order valence-corrected chi connectivity index (χ0v) is 20.1. The van der Waals surface area contributed by atoms with E-state index >= 15 is 0 Å². The van der Waals surface area contributed by atoms with E-state index in [4.69, 9.17) is 18.6 Å². The molecule has 0 bridgehead atoms. The van der Waals surface area contributed by atoms with Crippen molar-refractivity contribution in [2.75, 3.05) is 6.61 Å². The lowest BCUT2D eigenvalue weighted by Gasteiger charge is -2.37. The molecule has 0 spiro atoms. The monoisotopic (exact) mass is 435 g/mol. The van der Waals surface area contributed by atoms with Gasteiger partial charge in [0.05, 0.1) is 17.8 Å². The summed E-state index contributed by atoms with van der Waals surface area (Å²) in [5.41, 5.74) is 2.12. The maximum absolute atomic E-state index is 11.7. The molecular weight excluding hydrogens is 402 g/mol. The smallest absolute Gasteiger partial charge is 0.240 e. The molecule has 8 nitrogen and oxygen atoms in total. The molecule has 9 heteroatoms. The molecule has 2 aliphatic rings. The van der Waals surface area contributed by atoms with Crippen LogP contribution in [0.25, 0.3) is 5.52 Å². The van der Waals surface area contributed by atoms with E-state index in [1.807, 2.05) is 26.8 Å². The molecule has 4 unspecified atom stereocenters. The first-order chi connectivity index (χ1) is 13.8. The van der Waals surface area contributed by atoms with Crippen LogP contribution >= 0.6 is 0 Å². The van der Waals surface area contributed by atoms with Crippen molar-refractivity contribution in [2.24, 2.45) is 0 Å². The summed E-state index contributed by atoms with van der Waals surface area (Å²) in [5, 5.41) is 16.1. The molecule has 4 rings (SSSR count). The molecule has 2 saturated heterocycles. The molecule has 2 aromatic heterocycles. The first-order valence-corrected chi connectivity index (χ1v) is 13.4. The molecule has 2 fully saturated rings. The molecule has 30 heavy (non-hydrogen) atoms. The Labute approximate surface area is 178 Å². The number of aromatic nitrogens is 3. The van der Waals surface area contributed by atoms with Crippen molar-refractivity contribution >= 4 is 13.8 Å². The Bertz CT molecular complexity index is 954. The van der Waals surface area contributed by atoms with Gasteiger partial charge < -0.3 is 23.7 Å². The Morgan fingerprint density at radius 1 is 1.20 bits per heavy atom. The number of aliphatic hydroxyl groups is 1. The molecular formula is C21H33N3O5Si. The zero-order chi connectivity index (χ0) is 22.1. The van der Waals surface area contributed by atoms with Gasteiger partial charge in [-0.05, 0) is 51.0 Å². The van der Waals surface area contributed by atoms with E-state index in [0.717, 1.165) is 11.2 Å². The van der Waals surface area contributed by atoms with Crippen molar-refractivity contribution in [2.45, 2.75) is 89.6 Å². The number of hydrogen-bond donors (Lipinski definition) is 1. The van der Waals surface area contributed by atoms with Crippen molar-refractivity contribution < 1.29 is 23.7 Å². The fourth-order valence-corrected chi connectivity index (χ4v) is 4.91. The minimum atomic E-state index is -2.00. The average Bonchev–Trinajstić information content (AvgIpc) is 3.25. The van der Waals surface area contributed by atoms with Crippen LogP contribution in [0.1, 0.15) is 46.0 Å². The average molecular weight is 436 g/mol. The summed E-state index contributed by atoms with van der Waals surface area (Å²) in [4.78, 5) is 4.23. The van der Waals surface area contributed by atoms with Gasteiger partial charge in [0.1, 0.15) is 30.3 Å². The molecule has 166 valence electrons. The molecule has 4 heterocycles. The highest BCUT2D eigenvalue weighted by Gasteiger charge is 2.64. The molecule has 2 aromatic rings. The van der Waals surface area contributed by atoms with Crippen molar-refractivity contribution in [1.29, 1.82) is 0 Å². The highest BCUT2D eigenvalue weighted by atomic mass is 28.4. The van der Waals surface area contributed by atoms with Crippen molar-refractivity contribution in [1.82, 2.24) is 14.6 Å². The third-order valence-corrected chi connectivity index (χ3v) is 11.1. The van der Waals surface area contributed by atoms with Crippen LogP contribution in [0.3, 0.4) is 0 Å².